The summed E-state index contributed by atoms with van der Waals surface area (Å²) in [4.78, 5) is 34.9. The molecule has 1 saturated heterocycles. The summed E-state index contributed by atoms with van der Waals surface area (Å²) >= 11 is 1.38. The molecule has 2 aromatic rings. The van der Waals surface area contributed by atoms with Gasteiger partial charge in [0.25, 0.3) is 0 Å². The van der Waals surface area contributed by atoms with E-state index in [9.17, 15) is 9.59 Å². The number of nitrogens with one attached hydrogen (secondary N) is 1. The van der Waals surface area contributed by atoms with E-state index in [4.69, 9.17) is 4.74 Å². The SMILES string of the molecule is CCOC(=O)c1ccc(NC(=O)CSc2cc(N3CCC[C@H](C)C3)ncn2)cc1. The number of hydrogen-bond acceptors (Lipinski definition) is 7. The Bertz CT molecular complexity index is 844. The standard InChI is InChI=1S/C21H26N4O3S/c1-3-28-21(27)16-6-8-17(9-7-16)24-19(26)13-29-20-11-18(22-14-23-20)25-10-4-5-15(2)12-25/h6-9,11,14-15H,3-5,10,12-13H2,1-2H3,(H,24,26)/t15-/m0/s1. The Labute approximate surface area is 175 Å². The van der Waals surface area contributed by atoms with Gasteiger partial charge in [0.1, 0.15) is 17.2 Å². The number of amides is 1. The molecule has 1 aliphatic heterocycles. The number of piperidine rings is 1. The lowest BCUT2D eigenvalue weighted by Gasteiger charge is -2.31. The highest BCUT2D eigenvalue weighted by molar-refractivity contribution is 7.99. The van der Waals surface area contributed by atoms with E-state index in [2.05, 4.69) is 27.1 Å². The van der Waals surface area contributed by atoms with Crippen molar-refractivity contribution in [3.05, 3.63) is 42.2 Å². The molecule has 1 atom stereocenters. The molecule has 0 aliphatic carbocycles. The molecule has 1 aromatic heterocycles. The number of hydrogen-bond donors (Lipinski definition) is 1. The number of aromatic nitrogens is 2. The fraction of sp³-hybridized carbons (Fsp3) is 0.429. The first-order chi connectivity index (χ1) is 14.0. The number of benzene rings is 1. The lowest BCUT2D eigenvalue weighted by atomic mass is 10.0. The van der Waals surface area contributed by atoms with Crippen LogP contribution in [0.25, 0.3) is 0 Å². The van der Waals surface area contributed by atoms with E-state index in [0.717, 1.165) is 23.9 Å². The van der Waals surface area contributed by atoms with Crippen LogP contribution in [0.15, 0.2) is 41.7 Å². The van der Waals surface area contributed by atoms with E-state index >= 15 is 0 Å². The van der Waals surface area contributed by atoms with Crippen LogP contribution >= 0.6 is 11.8 Å². The molecule has 0 bridgehead atoms. The highest BCUT2D eigenvalue weighted by Crippen LogP contribution is 2.24. The Morgan fingerprint density at radius 3 is 2.79 bits per heavy atom. The van der Waals surface area contributed by atoms with Gasteiger partial charge < -0.3 is 15.0 Å². The van der Waals surface area contributed by atoms with Gasteiger partial charge in [0.2, 0.25) is 5.91 Å². The minimum atomic E-state index is -0.372. The fourth-order valence-electron chi connectivity index (χ4n) is 3.22. The lowest BCUT2D eigenvalue weighted by molar-refractivity contribution is -0.113. The average Bonchev–Trinajstić information content (AvgIpc) is 2.73. The molecule has 1 fully saturated rings. The Balaban J connectivity index is 1.51. The van der Waals surface area contributed by atoms with E-state index < -0.39 is 0 Å². The van der Waals surface area contributed by atoms with E-state index in [1.165, 1.54) is 24.6 Å². The van der Waals surface area contributed by atoms with E-state index in [-0.39, 0.29) is 17.6 Å². The van der Waals surface area contributed by atoms with Gasteiger partial charge in [-0.25, -0.2) is 14.8 Å². The van der Waals surface area contributed by atoms with E-state index in [0.29, 0.717) is 23.8 Å². The van der Waals surface area contributed by atoms with Crippen LogP contribution in [0.4, 0.5) is 11.5 Å². The summed E-state index contributed by atoms with van der Waals surface area (Å²) in [7, 11) is 0. The summed E-state index contributed by atoms with van der Waals surface area (Å²) in [6.45, 7) is 6.36. The highest BCUT2D eigenvalue weighted by atomic mass is 32.2. The lowest BCUT2D eigenvalue weighted by Crippen LogP contribution is -2.34. The monoisotopic (exact) mass is 414 g/mol. The predicted molar refractivity (Wildman–Crippen MR) is 114 cm³/mol. The first-order valence-electron chi connectivity index (χ1n) is 9.82. The Morgan fingerprint density at radius 2 is 2.07 bits per heavy atom. The van der Waals surface area contributed by atoms with Crippen molar-refractivity contribution in [2.45, 2.75) is 31.7 Å². The van der Waals surface area contributed by atoms with Gasteiger partial charge in [-0.2, -0.15) is 0 Å². The van der Waals surface area contributed by atoms with Gasteiger partial charge in [0.05, 0.1) is 17.9 Å². The second kappa shape index (κ2) is 10.2. The molecule has 0 unspecified atom stereocenters. The van der Waals surface area contributed by atoms with Crippen LogP contribution in [0, 0.1) is 5.92 Å². The smallest absolute Gasteiger partial charge is 0.338 e. The summed E-state index contributed by atoms with van der Waals surface area (Å²) in [6, 6.07) is 8.60. The van der Waals surface area contributed by atoms with Crippen LogP contribution in [-0.2, 0) is 9.53 Å². The maximum atomic E-state index is 12.3. The van der Waals surface area contributed by atoms with Crippen molar-refractivity contribution in [1.82, 2.24) is 9.97 Å². The third kappa shape index (κ3) is 6.19. The fourth-order valence-corrected chi connectivity index (χ4v) is 3.88. The number of ether oxygens (including phenoxy) is 1. The topological polar surface area (TPSA) is 84.4 Å². The quantitative estimate of drug-likeness (QED) is 0.421. The van der Waals surface area contributed by atoms with Crippen molar-refractivity contribution >= 4 is 35.1 Å². The van der Waals surface area contributed by atoms with Gasteiger partial charge in [-0.3, -0.25) is 4.79 Å². The number of anilines is 2. The molecule has 1 N–H and O–H groups in total. The van der Waals surface area contributed by atoms with Gasteiger partial charge in [0.15, 0.2) is 0 Å². The molecule has 1 aromatic carbocycles. The zero-order chi connectivity index (χ0) is 20.6. The van der Waals surface area contributed by atoms with Crippen molar-refractivity contribution in [3.8, 4) is 0 Å². The normalized spacial score (nSPS) is 16.3. The molecular weight excluding hydrogens is 388 g/mol. The first kappa shape index (κ1) is 21.1. The number of rotatable bonds is 7. The van der Waals surface area contributed by atoms with Gasteiger partial charge in [0, 0.05) is 24.8 Å². The van der Waals surface area contributed by atoms with Crippen molar-refractivity contribution < 1.29 is 14.3 Å². The van der Waals surface area contributed by atoms with Crippen molar-refractivity contribution in [1.29, 1.82) is 0 Å². The number of carbonyl (C=O) groups excluding carboxylic acids is 2. The number of nitrogens with zero attached hydrogens (tertiary/aromatic N) is 3. The molecule has 2 heterocycles. The van der Waals surface area contributed by atoms with Crippen LogP contribution in [-0.4, -0.2) is 47.3 Å². The minimum absolute atomic E-state index is 0.134. The number of esters is 1. The molecule has 8 heteroatoms. The largest absolute Gasteiger partial charge is 0.462 e. The van der Waals surface area contributed by atoms with Gasteiger partial charge in [-0.05, 0) is 49.9 Å². The highest BCUT2D eigenvalue weighted by Gasteiger charge is 2.18. The molecule has 0 saturated carbocycles. The average molecular weight is 415 g/mol. The Hall–Kier alpha value is -2.61. The maximum Gasteiger partial charge on any atom is 0.338 e. The zero-order valence-corrected chi connectivity index (χ0v) is 17.6. The van der Waals surface area contributed by atoms with E-state index in [1.54, 1.807) is 37.5 Å². The molecule has 0 spiro atoms. The summed E-state index contributed by atoms with van der Waals surface area (Å²) < 4.78 is 4.95. The molecule has 0 radical (unpaired) electrons. The van der Waals surface area contributed by atoms with Crippen LogP contribution in [0.1, 0.15) is 37.0 Å². The maximum absolute atomic E-state index is 12.3. The number of carbonyl (C=O) groups is 2. The van der Waals surface area contributed by atoms with Crippen molar-refractivity contribution in [2.24, 2.45) is 5.92 Å². The van der Waals surface area contributed by atoms with Crippen LogP contribution in [0.2, 0.25) is 0 Å². The van der Waals surface area contributed by atoms with Crippen LogP contribution in [0.5, 0.6) is 0 Å². The molecule has 3 rings (SSSR count). The van der Waals surface area contributed by atoms with Gasteiger partial charge in [-0.15, -0.1) is 0 Å². The second-order valence-electron chi connectivity index (χ2n) is 7.04. The molecule has 7 nitrogen and oxygen atoms in total. The number of thioether (sulfide) groups is 1. The molecule has 1 amide bonds. The van der Waals surface area contributed by atoms with Gasteiger partial charge in [-0.1, -0.05) is 18.7 Å². The van der Waals surface area contributed by atoms with Gasteiger partial charge >= 0.3 is 5.97 Å². The second-order valence-corrected chi connectivity index (χ2v) is 8.04. The third-order valence-electron chi connectivity index (χ3n) is 4.64. The summed E-state index contributed by atoms with van der Waals surface area (Å²) in [6.07, 6.45) is 3.98. The van der Waals surface area contributed by atoms with E-state index in [1.807, 2.05) is 6.07 Å². The zero-order valence-electron chi connectivity index (χ0n) is 16.8. The van der Waals surface area contributed by atoms with Crippen LogP contribution < -0.4 is 10.2 Å². The van der Waals surface area contributed by atoms with Crippen molar-refractivity contribution in [2.75, 3.05) is 35.7 Å². The molecule has 1 aliphatic rings. The minimum Gasteiger partial charge on any atom is -0.462 e. The first-order valence-corrected chi connectivity index (χ1v) is 10.8. The third-order valence-corrected chi connectivity index (χ3v) is 5.57. The summed E-state index contributed by atoms with van der Waals surface area (Å²) in [5, 5.41) is 3.61. The molecular formula is C21H26N4O3S. The van der Waals surface area contributed by atoms with Crippen molar-refractivity contribution in [3.63, 3.8) is 0 Å². The van der Waals surface area contributed by atoms with Crippen LogP contribution in [0.3, 0.4) is 0 Å². The summed E-state index contributed by atoms with van der Waals surface area (Å²) in [5.74, 6) is 1.32. The Morgan fingerprint density at radius 1 is 1.28 bits per heavy atom. The molecule has 29 heavy (non-hydrogen) atoms. The molecule has 154 valence electrons. The summed E-state index contributed by atoms with van der Waals surface area (Å²) in [5.41, 5.74) is 1.09. The Kier molecular flexibility index (Phi) is 7.46. The predicted octanol–water partition coefficient (Wildman–Crippen LogP) is 3.62.